The van der Waals surface area contributed by atoms with Gasteiger partial charge in [0, 0.05) is 12.8 Å². The maximum atomic E-state index is 9.09. The highest BCUT2D eigenvalue weighted by Crippen LogP contribution is 2.10. The summed E-state index contributed by atoms with van der Waals surface area (Å²) >= 11 is 5.72. The van der Waals surface area contributed by atoms with Crippen molar-refractivity contribution >= 4 is 31.1 Å². The number of rotatable bonds is 5. The zero-order valence-corrected chi connectivity index (χ0v) is 14.1. The summed E-state index contributed by atoms with van der Waals surface area (Å²) in [4.78, 5) is 9.00. The van der Waals surface area contributed by atoms with Crippen molar-refractivity contribution in [3.05, 3.63) is 29.8 Å². The van der Waals surface area contributed by atoms with Crippen LogP contribution in [0.15, 0.2) is 24.3 Å². The van der Waals surface area contributed by atoms with Crippen molar-refractivity contribution in [2.45, 2.75) is 33.0 Å². The Balaban J connectivity index is 0.000000796. The molecule has 1 unspecified atom stereocenters. The molecule has 1 aromatic rings. The quantitative estimate of drug-likeness (QED) is 0.644. The number of aliphatic hydroxyl groups excluding tert-OH is 1. The van der Waals surface area contributed by atoms with Crippen molar-refractivity contribution in [2.75, 3.05) is 12.5 Å². The fourth-order valence-corrected chi connectivity index (χ4v) is 3.92. The number of aliphatic carboxylic acids is 1. The number of aliphatic hydroxyl groups is 1. The van der Waals surface area contributed by atoms with Gasteiger partial charge in [0.1, 0.15) is 0 Å². The normalized spacial score (nSPS) is 12.3. The van der Waals surface area contributed by atoms with Crippen molar-refractivity contribution in [3.8, 4) is 0 Å². The van der Waals surface area contributed by atoms with E-state index in [1.165, 1.54) is 10.8 Å². The molecular weight excluding hydrogens is 296 g/mol. The molecular formula is C14H23ClO4Si. The second-order valence-electron chi connectivity index (χ2n) is 4.97. The van der Waals surface area contributed by atoms with E-state index in [0.717, 1.165) is 6.92 Å². The van der Waals surface area contributed by atoms with E-state index in [9.17, 15) is 0 Å². The van der Waals surface area contributed by atoms with Gasteiger partial charge in [-0.25, -0.2) is 0 Å². The van der Waals surface area contributed by atoms with Crippen LogP contribution in [0.1, 0.15) is 12.5 Å². The number of halogens is 1. The minimum absolute atomic E-state index is 0.0220. The predicted octanol–water partition coefficient (Wildman–Crippen LogP) is 2.11. The first-order chi connectivity index (χ1) is 9.22. The highest BCUT2D eigenvalue weighted by molar-refractivity contribution is 6.84. The van der Waals surface area contributed by atoms with E-state index in [1.807, 2.05) is 0 Å². The predicted molar refractivity (Wildman–Crippen MR) is 84.3 cm³/mol. The lowest BCUT2D eigenvalue weighted by Gasteiger charge is -2.27. The molecule has 6 heteroatoms. The van der Waals surface area contributed by atoms with Gasteiger partial charge in [-0.3, -0.25) is 4.79 Å². The van der Waals surface area contributed by atoms with Crippen LogP contribution in [0.2, 0.25) is 13.1 Å². The van der Waals surface area contributed by atoms with Gasteiger partial charge in [0.05, 0.1) is 12.7 Å². The van der Waals surface area contributed by atoms with Crippen LogP contribution in [-0.4, -0.2) is 43.1 Å². The van der Waals surface area contributed by atoms with Gasteiger partial charge in [-0.2, -0.15) is 0 Å². The summed E-state index contributed by atoms with van der Waals surface area (Å²) in [6, 6.07) is 8.37. The Morgan fingerprint density at radius 2 is 1.80 bits per heavy atom. The van der Waals surface area contributed by atoms with Gasteiger partial charge in [0.25, 0.3) is 5.97 Å². The third-order valence-corrected chi connectivity index (χ3v) is 5.57. The largest absolute Gasteiger partial charge is 0.481 e. The molecule has 114 valence electrons. The summed E-state index contributed by atoms with van der Waals surface area (Å²) in [5.74, 6) is -0.501. The maximum absolute atomic E-state index is 9.09. The molecule has 0 saturated heterocycles. The van der Waals surface area contributed by atoms with Crippen LogP contribution >= 0.6 is 11.6 Å². The molecule has 0 aliphatic carbocycles. The zero-order chi connectivity index (χ0) is 15.8. The summed E-state index contributed by atoms with van der Waals surface area (Å²) in [6.45, 7) is 7.36. The molecule has 0 fully saturated rings. The van der Waals surface area contributed by atoms with E-state index in [-0.39, 0.29) is 12.7 Å². The smallest absolute Gasteiger partial charge is 0.300 e. The number of carboxylic acids is 1. The zero-order valence-electron chi connectivity index (χ0n) is 12.4. The topological polar surface area (TPSA) is 66.8 Å². The second kappa shape index (κ2) is 9.13. The Morgan fingerprint density at radius 1 is 1.35 bits per heavy atom. The summed E-state index contributed by atoms with van der Waals surface area (Å²) in [7, 11) is -1.95. The first kappa shape index (κ1) is 19.1. The molecule has 0 aliphatic rings. The maximum Gasteiger partial charge on any atom is 0.300 e. The molecule has 0 radical (unpaired) electrons. The molecule has 0 bridgehead atoms. The van der Waals surface area contributed by atoms with Crippen molar-refractivity contribution in [1.82, 2.24) is 0 Å². The fourth-order valence-electron chi connectivity index (χ4n) is 1.56. The fraction of sp³-hybridized carbons (Fsp3) is 0.500. The molecule has 0 aliphatic heterocycles. The molecule has 0 aromatic heterocycles. The van der Waals surface area contributed by atoms with Gasteiger partial charge < -0.3 is 14.6 Å². The number of hydrogen-bond acceptors (Lipinski definition) is 3. The van der Waals surface area contributed by atoms with Gasteiger partial charge >= 0.3 is 0 Å². The number of carboxylic acid groups (broad SMARTS) is 1. The van der Waals surface area contributed by atoms with Crippen molar-refractivity contribution < 1.29 is 19.4 Å². The van der Waals surface area contributed by atoms with E-state index in [2.05, 4.69) is 44.3 Å². The Labute approximate surface area is 126 Å². The lowest BCUT2D eigenvalue weighted by molar-refractivity contribution is -0.134. The molecule has 1 aromatic carbocycles. The third-order valence-electron chi connectivity index (χ3n) is 2.58. The van der Waals surface area contributed by atoms with Crippen LogP contribution < -0.4 is 5.19 Å². The number of carbonyl (C=O) groups is 1. The van der Waals surface area contributed by atoms with Crippen molar-refractivity contribution in [1.29, 1.82) is 0 Å². The summed E-state index contributed by atoms with van der Waals surface area (Å²) in [5.41, 5.74) is 1.24. The SMILES string of the molecule is CC(=O)O.Cc1ccc([Si](C)(C)OC(CO)CCl)cc1. The van der Waals surface area contributed by atoms with Gasteiger partial charge in [-0.15, -0.1) is 11.6 Å². The first-order valence-corrected chi connectivity index (χ1v) is 9.78. The van der Waals surface area contributed by atoms with Crippen LogP contribution in [0.3, 0.4) is 0 Å². The average molecular weight is 319 g/mol. The Bertz CT molecular complexity index is 398. The van der Waals surface area contributed by atoms with Crippen LogP contribution in [0, 0.1) is 6.92 Å². The van der Waals surface area contributed by atoms with E-state index in [0.29, 0.717) is 5.88 Å². The molecule has 4 nitrogen and oxygen atoms in total. The molecule has 0 amide bonds. The molecule has 1 rings (SSSR count). The Hall–Kier alpha value is -0.883. The van der Waals surface area contributed by atoms with Gasteiger partial charge in [-0.05, 0) is 25.2 Å². The number of benzene rings is 1. The number of hydrogen-bond donors (Lipinski definition) is 2. The van der Waals surface area contributed by atoms with Crippen molar-refractivity contribution in [2.24, 2.45) is 0 Å². The molecule has 1 atom stereocenters. The number of aryl methyl sites for hydroxylation is 1. The summed E-state index contributed by atoms with van der Waals surface area (Å²) in [6.07, 6.45) is -0.260. The van der Waals surface area contributed by atoms with Crippen molar-refractivity contribution in [3.63, 3.8) is 0 Å². The minimum atomic E-state index is -1.95. The Morgan fingerprint density at radius 3 is 2.15 bits per heavy atom. The molecule has 0 saturated carbocycles. The third kappa shape index (κ3) is 7.64. The lowest BCUT2D eigenvalue weighted by Crippen LogP contribution is -2.48. The van der Waals surface area contributed by atoms with E-state index >= 15 is 0 Å². The highest BCUT2D eigenvalue weighted by Gasteiger charge is 2.28. The Kier molecular flexibility index (Phi) is 8.72. The highest BCUT2D eigenvalue weighted by atomic mass is 35.5. The molecule has 20 heavy (non-hydrogen) atoms. The van der Waals surface area contributed by atoms with Crippen LogP contribution in [0.25, 0.3) is 0 Å². The molecule has 2 N–H and O–H groups in total. The second-order valence-corrected chi connectivity index (χ2v) is 9.11. The number of alkyl halides is 1. The van der Waals surface area contributed by atoms with Crippen LogP contribution in [0.5, 0.6) is 0 Å². The lowest BCUT2D eigenvalue weighted by atomic mass is 10.2. The molecule has 0 spiro atoms. The summed E-state index contributed by atoms with van der Waals surface area (Å²) in [5, 5.41) is 17.7. The minimum Gasteiger partial charge on any atom is -0.481 e. The van der Waals surface area contributed by atoms with E-state index in [4.69, 9.17) is 31.0 Å². The van der Waals surface area contributed by atoms with Gasteiger partial charge in [0.2, 0.25) is 8.32 Å². The summed E-state index contributed by atoms with van der Waals surface area (Å²) < 4.78 is 5.92. The first-order valence-electron chi connectivity index (χ1n) is 6.34. The average Bonchev–Trinajstić information content (AvgIpc) is 2.36. The van der Waals surface area contributed by atoms with E-state index < -0.39 is 14.3 Å². The van der Waals surface area contributed by atoms with Crippen LogP contribution in [0.4, 0.5) is 0 Å². The standard InChI is InChI=1S/C12H19ClO2Si.C2H4O2/c1-10-4-6-12(7-5-10)16(2,3)15-11(8-13)9-14;1-2(3)4/h4-7,11,14H,8-9H2,1-3H3;1H3,(H,3,4). The molecule has 0 heterocycles. The monoisotopic (exact) mass is 318 g/mol. The van der Waals surface area contributed by atoms with Gasteiger partial charge in [0.15, 0.2) is 0 Å². The van der Waals surface area contributed by atoms with E-state index in [1.54, 1.807) is 0 Å². The van der Waals surface area contributed by atoms with Gasteiger partial charge in [-0.1, -0.05) is 29.8 Å². The van der Waals surface area contributed by atoms with Crippen LogP contribution in [-0.2, 0) is 9.22 Å².